The third-order valence-electron chi connectivity index (χ3n) is 5.69. The van der Waals surface area contributed by atoms with Crippen LogP contribution in [0.25, 0.3) is 0 Å². The Morgan fingerprint density at radius 3 is 2.39 bits per heavy atom. The summed E-state index contributed by atoms with van der Waals surface area (Å²) in [6.45, 7) is 7.35. The fraction of sp³-hybridized carbons (Fsp3) is 1.00. The van der Waals surface area contributed by atoms with Gasteiger partial charge in [0, 0.05) is 31.2 Å². The van der Waals surface area contributed by atoms with Gasteiger partial charge in [0.15, 0.2) is 0 Å². The largest absolute Gasteiger partial charge is 0.311 e. The van der Waals surface area contributed by atoms with Crippen LogP contribution in [-0.2, 0) is 0 Å². The summed E-state index contributed by atoms with van der Waals surface area (Å²) in [5.41, 5.74) is 0. The van der Waals surface area contributed by atoms with E-state index < -0.39 is 0 Å². The molecule has 0 spiro atoms. The highest BCUT2D eigenvalue weighted by atomic mass is 15.3. The number of nitrogens with one attached hydrogen (secondary N) is 1. The van der Waals surface area contributed by atoms with Crippen molar-refractivity contribution in [3.8, 4) is 0 Å². The number of rotatable bonds is 2. The number of hydrogen-bond acceptors (Lipinski definition) is 2. The first kappa shape index (κ1) is 12.9. The molecule has 1 heterocycles. The summed E-state index contributed by atoms with van der Waals surface area (Å²) in [6, 6.07) is 2.45. The third kappa shape index (κ3) is 2.60. The van der Waals surface area contributed by atoms with Crippen LogP contribution in [0.5, 0.6) is 0 Å². The minimum Gasteiger partial charge on any atom is -0.311 e. The summed E-state index contributed by atoms with van der Waals surface area (Å²) in [7, 11) is 0. The van der Waals surface area contributed by atoms with Gasteiger partial charge in [-0.2, -0.15) is 0 Å². The molecule has 1 N–H and O–H groups in total. The van der Waals surface area contributed by atoms with Gasteiger partial charge in [0.05, 0.1) is 0 Å². The molecule has 2 unspecified atom stereocenters. The van der Waals surface area contributed by atoms with Crippen molar-refractivity contribution in [1.82, 2.24) is 10.2 Å². The zero-order valence-corrected chi connectivity index (χ0v) is 12.2. The third-order valence-corrected chi connectivity index (χ3v) is 5.69. The molecule has 2 saturated carbocycles. The van der Waals surface area contributed by atoms with Crippen LogP contribution in [0.2, 0.25) is 0 Å². The van der Waals surface area contributed by atoms with Gasteiger partial charge in [0.1, 0.15) is 0 Å². The van der Waals surface area contributed by atoms with E-state index in [1.165, 1.54) is 58.0 Å². The van der Waals surface area contributed by atoms with Crippen molar-refractivity contribution in [2.75, 3.05) is 13.1 Å². The first-order chi connectivity index (χ1) is 8.74. The maximum Gasteiger partial charge on any atom is 0.0224 e. The van der Waals surface area contributed by atoms with Gasteiger partial charge in [-0.1, -0.05) is 26.2 Å². The maximum atomic E-state index is 3.84. The lowest BCUT2D eigenvalue weighted by Crippen LogP contribution is -2.62. The zero-order chi connectivity index (χ0) is 12.5. The molecule has 18 heavy (non-hydrogen) atoms. The van der Waals surface area contributed by atoms with E-state index in [1.807, 2.05) is 0 Å². The van der Waals surface area contributed by atoms with E-state index in [9.17, 15) is 0 Å². The average molecular weight is 250 g/mol. The van der Waals surface area contributed by atoms with Crippen molar-refractivity contribution < 1.29 is 0 Å². The van der Waals surface area contributed by atoms with Crippen molar-refractivity contribution in [3.63, 3.8) is 0 Å². The van der Waals surface area contributed by atoms with E-state index in [4.69, 9.17) is 0 Å². The highest BCUT2D eigenvalue weighted by molar-refractivity contribution is 4.95. The first-order valence-corrected chi connectivity index (χ1v) is 8.23. The quantitative estimate of drug-likeness (QED) is 0.810. The van der Waals surface area contributed by atoms with E-state index in [0.29, 0.717) is 0 Å². The molecule has 2 heteroatoms. The Morgan fingerprint density at radius 2 is 1.72 bits per heavy atom. The Balaban J connectivity index is 1.57. The predicted molar refractivity (Wildman–Crippen MR) is 76.7 cm³/mol. The average Bonchev–Trinajstić information content (AvgIpc) is 2.37. The molecule has 2 nitrogen and oxygen atoms in total. The van der Waals surface area contributed by atoms with E-state index >= 15 is 0 Å². The second kappa shape index (κ2) is 5.50. The van der Waals surface area contributed by atoms with Gasteiger partial charge in [-0.25, -0.2) is 0 Å². The number of hydrogen-bond donors (Lipinski definition) is 1. The SMILES string of the molecule is CC1CC(N2CC(C3CCCCC3)NCC2C)C1. The fourth-order valence-corrected chi connectivity index (χ4v) is 4.40. The van der Waals surface area contributed by atoms with Gasteiger partial charge >= 0.3 is 0 Å². The van der Waals surface area contributed by atoms with Crippen LogP contribution in [0.3, 0.4) is 0 Å². The smallest absolute Gasteiger partial charge is 0.0224 e. The van der Waals surface area contributed by atoms with E-state index in [1.54, 1.807) is 0 Å². The minimum atomic E-state index is 0.752. The van der Waals surface area contributed by atoms with Gasteiger partial charge in [-0.15, -0.1) is 0 Å². The van der Waals surface area contributed by atoms with Crippen LogP contribution in [0, 0.1) is 11.8 Å². The number of piperazine rings is 1. The molecule has 3 aliphatic rings. The van der Waals surface area contributed by atoms with Crippen molar-refractivity contribution in [2.24, 2.45) is 11.8 Å². The molecule has 0 bridgehead atoms. The Bertz CT molecular complexity index is 266. The molecular weight excluding hydrogens is 220 g/mol. The highest BCUT2D eigenvalue weighted by Gasteiger charge is 2.38. The summed E-state index contributed by atoms with van der Waals surface area (Å²) in [6.07, 6.45) is 10.3. The molecule has 0 radical (unpaired) electrons. The van der Waals surface area contributed by atoms with Crippen molar-refractivity contribution >= 4 is 0 Å². The van der Waals surface area contributed by atoms with E-state index in [-0.39, 0.29) is 0 Å². The highest BCUT2D eigenvalue weighted by Crippen LogP contribution is 2.35. The molecule has 3 fully saturated rings. The molecule has 1 aliphatic heterocycles. The van der Waals surface area contributed by atoms with Crippen LogP contribution in [0.1, 0.15) is 58.8 Å². The normalized spacial score (nSPS) is 43.7. The van der Waals surface area contributed by atoms with Gasteiger partial charge in [-0.05, 0) is 44.4 Å². The Morgan fingerprint density at radius 1 is 1.00 bits per heavy atom. The van der Waals surface area contributed by atoms with Gasteiger partial charge in [0.2, 0.25) is 0 Å². The predicted octanol–water partition coefficient (Wildman–Crippen LogP) is 3.03. The van der Waals surface area contributed by atoms with Gasteiger partial charge in [0.25, 0.3) is 0 Å². The second-order valence-corrected chi connectivity index (χ2v) is 7.19. The topological polar surface area (TPSA) is 15.3 Å². The van der Waals surface area contributed by atoms with E-state index in [2.05, 4.69) is 24.1 Å². The summed E-state index contributed by atoms with van der Waals surface area (Å²) >= 11 is 0. The maximum absolute atomic E-state index is 3.84. The Hall–Kier alpha value is -0.0800. The van der Waals surface area contributed by atoms with Crippen molar-refractivity contribution in [1.29, 1.82) is 0 Å². The molecule has 0 aromatic rings. The molecule has 3 rings (SSSR count). The Kier molecular flexibility index (Phi) is 3.95. The van der Waals surface area contributed by atoms with Crippen LogP contribution in [-0.4, -0.2) is 36.1 Å². The molecular formula is C16H30N2. The molecule has 104 valence electrons. The van der Waals surface area contributed by atoms with Crippen molar-refractivity contribution in [2.45, 2.75) is 76.9 Å². The van der Waals surface area contributed by atoms with Crippen LogP contribution in [0.15, 0.2) is 0 Å². The fourth-order valence-electron chi connectivity index (χ4n) is 4.40. The summed E-state index contributed by atoms with van der Waals surface area (Å²) in [5.74, 6) is 1.94. The van der Waals surface area contributed by atoms with Gasteiger partial charge in [-0.3, -0.25) is 4.90 Å². The minimum absolute atomic E-state index is 0.752. The lowest BCUT2D eigenvalue weighted by Gasteiger charge is -2.50. The lowest BCUT2D eigenvalue weighted by atomic mass is 9.78. The van der Waals surface area contributed by atoms with Gasteiger partial charge < -0.3 is 5.32 Å². The first-order valence-electron chi connectivity index (χ1n) is 8.23. The summed E-state index contributed by atoms with van der Waals surface area (Å²) < 4.78 is 0. The zero-order valence-electron chi connectivity index (χ0n) is 12.2. The standard InChI is InChI=1S/C16H30N2/c1-12-8-15(9-12)18-11-16(17-10-13(18)2)14-6-4-3-5-7-14/h12-17H,3-11H2,1-2H3. The lowest BCUT2D eigenvalue weighted by molar-refractivity contribution is 0.0118. The van der Waals surface area contributed by atoms with E-state index in [0.717, 1.165) is 30.0 Å². The van der Waals surface area contributed by atoms with Crippen LogP contribution >= 0.6 is 0 Å². The van der Waals surface area contributed by atoms with Crippen molar-refractivity contribution in [3.05, 3.63) is 0 Å². The monoisotopic (exact) mass is 250 g/mol. The second-order valence-electron chi connectivity index (χ2n) is 7.19. The molecule has 0 aromatic heterocycles. The summed E-state index contributed by atoms with van der Waals surface area (Å²) in [5, 5.41) is 3.84. The number of nitrogens with zero attached hydrogens (tertiary/aromatic N) is 1. The molecule has 2 atom stereocenters. The molecule has 2 aliphatic carbocycles. The summed E-state index contributed by atoms with van der Waals surface area (Å²) in [4.78, 5) is 2.83. The molecule has 0 aromatic carbocycles. The Labute approximate surface area is 113 Å². The molecule has 1 saturated heterocycles. The van der Waals surface area contributed by atoms with Crippen LogP contribution in [0.4, 0.5) is 0 Å². The molecule has 0 amide bonds. The van der Waals surface area contributed by atoms with Crippen LogP contribution < -0.4 is 5.32 Å².